The van der Waals surface area contributed by atoms with Crippen molar-refractivity contribution in [3.63, 3.8) is 0 Å². The average molecular weight is 389 g/mol. The van der Waals surface area contributed by atoms with Crippen molar-refractivity contribution < 1.29 is 18.7 Å². The van der Waals surface area contributed by atoms with E-state index in [0.717, 1.165) is 0 Å². The number of anilines is 1. The number of para-hydroxylation sites is 1. The Kier molecular flexibility index (Phi) is 4.49. The third-order valence-electron chi connectivity index (χ3n) is 3.25. The first kappa shape index (κ1) is 16.0. The molecule has 0 saturated carbocycles. The molecule has 1 heterocycles. The van der Waals surface area contributed by atoms with Crippen molar-refractivity contribution >= 4 is 33.6 Å². The standard InChI is InChI=1S/C17H10BrFN2O3/c18-12-6-10(7-15-16(12)24-9-23-15)5-11(8-20)17(22)21-14-4-2-1-3-13(14)19/h1-7H,9H2,(H,21,22)/b11-5+. The lowest BCUT2D eigenvalue weighted by Crippen LogP contribution is -2.14. The highest BCUT2D eigenvalue weighted by Gasteiger charge is 2.18. The molecule has 1 aliphatic rings. The van der Waals surface area contributed by atoms with Crippen molar-refractivity contribution in [2.24, 2.45) is 0 Å². The molecule has 2 aromatic rings. The number of nitriles is 1. The summed E-state index contributed by atoms with van der Waals surface area (Å²) in [5.74, 6) is -0.186. The summed E-state index contributed by atoms with van der Waals surface area (Å²) >= 11 is 3.34. The van der Waals surface area contributed by atoms with Crippen LogP contribution in [0.3, 0.4) is 0 Å². The van der Waals surface area contributed by atoms with Gasteiger partial charge in [-0.3, -0.25) is 4.79 Å². The maximum Gasteiger partial charge on any atom is 0.266 e. The Hall–Kier alpha value is -2.85. The van der Waals surface area contributed by atoms with Gasteiger partial charge in [0, 0.05) is 0 Å². The molecule has 0 fully saturated rings. The minimum Gasteiger partial charge on any atom is -0.454 e. The molecule has 120 valence electrons. The first-order valence-corrected chi connectivity index (χ1v) is 7.64. The van der Waals surface area contributed by atoms with Gasteiger partial charge in [0.25, 0.3) is 5.91 Å². The lowest BCUT2D eigenvalue weighted by Gasteiger charge is -2.06. The third kappa shape index (κ3) is 3.24. The van der Waals surface area contributed by atoms with Crippen LogP contribution in [0.2, 0.25) is 0 Å². The zero-order valence-electron chi connectivity index (χ0n) is 12.2. The van der Waals surface area contributed by atoms with E-state index in [1.807, 2.05) is 6.07 Å². The van der Waals surface area contributed by atoms with Gasteiger partial charge in [-0.05, 0) is 51.8 Å². The fourth-order valence-corrected chi connectivity index (χ4v) is 2.71. The molecule has 0 spiro atoms. The molecule has 1 amide bonds. The molecule has 0 saturated heterocycles. The number of amides is 1. The monoisotopic (exact) mass is 388 g/mol. The molecule has 0 atom stereocenters. The SMILES string of the molecule is N#C/C(=C\c1cc(Br)c2c(c1)OCO2)C(=O)Nc1ccccc1F. The molecule has 1 aliphatic heterocycles. The normalized spacial score (nSPS) is 12.6. The molecular weight excluding hydrogens is 379 g/mol. The van der Waals surface area contributed by atoms with Crippen LogP contribution in [0.15, 0.2) is 46.4 Å². The van der Waals surface area contributed by atoms with Gasteiger partial charge in [-0.1, -0.05) is 12.1 Å². The Morgan fingerprint density at radius 1 is 1.33 bits per heavy atom. The minimum absolute atomic E-state index is 0.00974. The molecule has 5 nitrogen and oxygen atoms in total. The summed E-state index contributed by atoms with van der Waals surface area (Å²) in [4.78, 5) is 12.2. The van der Waals surface area contributed by atoms with Gasteiger partial charge in [0.15, 0.2) is 11.5 Å². The van der Waals surface area contributed by atoms with Gasteiger partial charge in [-0.25, -0.2) is 4.39 Å². The van der Waals surface area contributed by atoms with Crippen molar-refractivity contribution in [1.82, 2.24) is 0 Å². The van der Waals surface area contributed by atoms with E-state index in [0.29, 0.717) is 21.5 Å². The molecular formula is C17H10BrFN2O3. The number of hydrogen-bond donors (Lipinski definition) is 1. The summed E-state index contributed by atoms with van der Waals surface area (Å²) in [6, 6.07) is 10.9. The van der Waals surface area contributed by atoms with Crippen molar-refractivity contribution in [3.05, 3.63) is 57.8 Å². The first-order chi connectivity index (χ1) is 11.6. The Morgan fingerprint density at radius 3 is 2.88 bits per heavy atom. The zero-order valence-corrected chi connectivity index (χ0v) is 13.8. The molecule has 7 heteroatoms. The van der Waals surface area contributed by atoms with E-state index in [1.54, 1.807) is 18.2 Å². The molecule has 0 unspecified atom stereocenters. The van der Waals surface area contributed by atoms with Crippen LogP contribution in [0.5, 0.6) is 11.5 Å². The van der Waals surface area contributed by atoms with Crippen molar-refractivity contribution in [3.8, 4) is 17.6 Å². The number of ether oxygens (including phenoxy) is 2. The van der Waals surface area contributed by atoms with Gasteiger partial charge in [-0.15, -0.1) is 0 Å². The first-order valence-electron chi connectivity index (χ1n) is 6.85. The maximum absolute atomic E-state index is 13.6. The summed E-state index contributed by atoms with van der Waals surface area (Å²) in [5, 5.41) is 11.6. The number of nitrogens with zero attached hydrogens (tertiary/aromatic N) is 1. The summed E-state index contributed by atoms with van der Waals surface area (Å²) in [6.07, 6.45) is 1.39. The lowest BCUT2D eigenvalue weighted by molar-refractivity contribution is -0.112. The van der Waals surface area contributed by atoms with Crippen molar-refractivity contribution in [2.75, 3.05) is 12.1 Å². The summed E-state index contributed by atoms with van der Waals surface area (Å²) in [5.41, 5.74) is 0.422. The number of carbonyl (C=O) groups is 1. The maximum atomic E-state index is 13.6. The fourth-order valence-electron chi connectivity index (χ4n) is 2.14. The Bertz CT molecular complexity index is 890. The molecule has 0 radical (unpaired) electrons. The summed E-state index contributed by atoms with van der Waals surface area (Å²) in [6.45, 7) is 0.111. The van der Waals surface area contributed by atoms with Gasteiger partial charge in [0.2, 0.25) is 6.79 Å². The van der Waals surface area contributed by atoms with E-state index in [2.05, 4.69) is 21.2 Å². The largest absolute Gasteiger partial charge is 0.454 e. The predicted molar refractivity (Wildman–Crippen MR) is 88.9 cm³/mol. The van der Waals surface area contributed by atoms with Gasteiger partial charge < -0.3 is 14.8 Å². The van der Waals surface area contributed by atoms with Crippen LogP contribution in [0.1, 0.15) is 5.56 Å². The topological polar surface area (TPSA) is 71.3 Å². The van der Waals surface area contributed by atoms with E-state index in [4.69, 9.17) is 9.47 Å². The van der Waals surface area contributed by atoms with E-state index in [9.17, 15) is 14.4 Å². The molecule has 1 N–H and O–H groups in total. The summed E-state index contributed by atoms with van der Waals surface area (Å²) in [7, 11) is 0. The highest BCUT2D eigenvalue weighted by molar-refractivity contribution is 9.10. The smallest absolute Gasteiger partial charge is 0.266 e. The zero-order chi connectivity index (χ0) is 17.1. The predicted octanol–water partition coefficient (Wildman–Crippen LogP) is 3.86. The number of halogens is 2. The number of nitrogens with one attached hydrogen (secondary N) is 1. The molecule has 0 bridgehead atoms. The van der Waals surface area contributed by atoms with Crippen LogP contribution >= 0.6 is 15.9 Å². The molecule has 0 aliphatic carbocycles. The van der Waals surface area contributed by atoms with E-state index in [1.165, 1.54) is 24.3 Å². The number of rotatable bonds is 3. The van der Waals surface area contributed by atoms with Crippen LogP contribution in [0, 0.1) is 17.1 Å². The highest BCUT2D eigenvalue weighted by atomic mass is 79.9. The average Bonchev–Trinajstić information content (AvgIpc) is 3.03. The summed E-state index contributed by atoms with van der Waals surface area (Å²) < 4.78 is 24.8. The van der Waals surface area contributed by atoms with Crippen LogP contribution in [0.25, 0.3) is 6.08 Å². The highest BCUT2D eigenvalue weighted by Crippen LogP contribution is 2.40. The second-order valence-electron chi connectivity index (χ2n) is 4.84. The van der Waals surface area contributed by atoms with Gasteiger partial charge in [0.1, 0.15) is 17.5 Å². The van der Waals surface area contributed by atoms with Crippen LogP contribution in [0.4, 0.5) is 10.1 Å². The number of benzene rings is 2. The molecule has 2 aromatic carbocycles. The lowest BCUT2D eigenvalue weighted by atomic mass is 10.1. The Balaban J connectivity index is 1.87. The van der Waals surface area contributed by atoms with Crippen molar-refractivity contribution in [1.29, 1.82) is 5.26 Å². The van der Waals surface area contributed by atoms with Crippen LogP contribution in [-0.4, -0.2) is 12.7 Å². The second-order valence-corrected chi connectivity index (χ2v) is 5.69. The van der Waals surface area contributed by atoms with Gasteiger partial charge in [0.05, 0.1) is 10.2 Å². The minimum atomic E-state index is -0.698. The Labute approximate surface area is 145 Å². The second kappa shape index (κ2) is 6.72. The van der Waals surface area contributed by atoms with Crippen molar-refractivity contribution in [2.45, 2.75) is 0 Å². The van der Waals surface area contributed by atoms with E-state index >= 15 is 0 Å². The van der Waals surface area contributed by atoms with Crippen LogP contribution < -0.4 is 14.8 Å². The third-order valence-corrected chi connectivity index (χ3v) is 3.84. The number of fused-ring (bicyclic) bond motifs is 1. The van der Waals surface area contributed by atoms with Crippen LogP contribution in [-0.2, 0) is 4.79 Å². The fraction of sp³-hybridized carbons (Fsp3) is 0.0588. The molecule has 24 heavy (non-hydrogen) atoms. The number of hydrogen-bond acceptors (Lipinski definition) is 4. The number of carbonyl (C=O) groups excluding carboxylic acids is 1. The van der Waals surface area contributed by atoms with Gasteiger partial charge in [-0.2, -0.15) is 5.26 Å². The van der Waals surface area contributed by atoms with E-state index < -0.39 is 11.7 Å². The van der Waals surface area contributed by atoms with Gasteiger partial charge >= 0.3 is 0 Å². The molecule has 3 rings (SSSR count). The Morgan fingerprint density at radius 2 is 2.12 bits per heavy atom. The quantitative estimate of drug-likeness (QED) is 0.639. The van der Waals surface area contributed by atoms with E-state index in [-0.39, 0.29) is 18.1 Å². The molecule has 0 aromatic heterocycles.